The fourth-order valence-electron chi connectivity index (χ4n) is 1.65. The van der Waals surface area contributed by atoms with Crippen molar-refractivity contribution in [2.24, 2.45) is 10.9 Å². The van der Waals surface area contributed by atoms with Crippen LogP contribution in [0.1, 0.15) is 31.4 Å². The summed E-state index contributed by atoms with van der Waals surface area (Å²) in [5, 5.41) is 11.7. The van der Waals surface area contributed by atoms with Crippen molar-refractivity contribution >= 4 is 15.9 Å². The molecule has 0 aromatic heterocycles. The number of benzene rings is 1. The first-order valence-electron chi connectivity index (χ1n) is 6.25. The number of nitrogens with one attached hydrogen (secondary N) is 1. The van der Waals surface area contributed by atoms with E-state index in [4.69, 9.17) is 10.9 Å². The molecule has 1 aromatic rings. The van der Waals surface area contributed by atoms with E-state index in [1.807, 2.05) is 13.8 Å². The van der Waals surface area contributed by atoms with Crippen molar-refractivity contribution in [3.63, 3.8) is 0 Å². The summed E-state index contributed by atoms with van der Waals surface area (Å²) in [5.41, 5.74) is 6.34. The van der Waals surface area contributed by atoms with Crippen LogP contribution in [0.3, 0.4) is 0 Å². The van der Waals surface area contributed by atoms with E-state index in [0.717, 1.165) is 11.1 Å². The first kappa shape index (κ1) is 16.5. The minimum Gasteiger partial charge on any atom is -0.409 e. The van der Waals surface area contributed by atoms with E-state index in [1.54, 1.807) is 26.0 Å². The van der Waals surface area contributed by atoms with Crippen LogP contribution in [0.5, 0.6) is 0 Å². The van der Waals surface area contributed by atoms with Gasteiger partial charge in [0.15, 0.2) is 5.84 Å². The van der Waals surface area contributed by atoms with Gasteiger partial charge < -0.3 is 10.9 Å². The SMILES string of the molecule is CCC(C)(NS(=O)(=O)c1ccc(C)c(C)c1)/C(N)=N/O. The zero-order chi connectivity index (χ0) is 15.6. The fraction of sp³-hybridized carbons (Fsp3) is 0.462. The molecule has 1 rings (SSSR count). The van der Waals surface area contributed by atoms with Gasteiger partial charge >= 0.3 is 0 Å². The molecule has 1 aromatic carbocycles. The van der Waals surface area contributed by atoms with Crippen LogP contribution >= 0.6 is 0 Å². The second-order valence-corrected chi connectivity index (χ2v) is 6.70. The Bertz CT molecular complexity index is 626. The van der Waals surface area contributed by atoms with E-state index in [-0.39, 0.29) is 10.7 Å². The molecule has 0 amide bonds. The van der Waals surface area contributed by atoms with Crippen molar-refractivity contribution in [2.45, 2.75) is 44.6 Å². The molecular weight excluding hydrogens is 278 g/mol. The Morgan fingerprint density at radius 1 is 1.40 bits per heavy atom. The van der Waals surface area contributed by atoms with Crippen LogP contribution in [-0.2, 0) is 10.0 Å². The molecule has 0 saturated heterocycles. The van der Waals surface area contributed by atoms with Gasteiger partial charge in [-0.15, -0.1) is 0 Å². The first-order valence-corrected chi connectivity index (χ1v) is 7.74. The average molecular weight is 299 g/mol. The number of nitrogens with two attached hydrogens (primary N) is 1. The molecular formula is C13H21N3O3S. The standard InChI is InChI=1S/C13H21N3O3S/c1-5-13(4,12(14)15-17)16-20(18,19)11-7-6-9(2)10(3)8-11/h6-8,16-17H,5H2,1-4H3,(H2,14,15). The monoisotopic (exact) mass is 299 g/mol. The predicted molar refractivity (Wildman–Crippen MR) is 78.3 cm³/mol. The highest BCUT2D eigenvalue weighted by atomic mass is 32.2. The predicted octanol–water partition coefficient (Wildman–Crippen LogP) is 1.50. The lowest BCUT2D eigenvalue weighted by molar-refractivity contribution is 0.310. The molecule has 0 aliphatic rings. The molecule has 4 N–H and O–H groups in total. The minimum atomic E-state index is -3.75. The Morgan fingerprint density at radius 3 is 2.45 bits per heavy atom. The number of aryl methyl sites for hydroxylation is 2. The lowest BCUT2D eigenvalue weighted by Crippen LogP contribution is -2.54. The quantitative estimate of drug-likeness (QED) is 0.331. The molecule has 0 heterocycles. The van der Waals surface area contributed by atoms with E-state index in [1.165, 1.54) is 6.07 Å². The molecule has 0 aliphatic carbocycles. The molecule has 7 heteroatoms. The smallest absolute Gasteiger partial charge is 0.241 e. The van der Waals surface area contributed by atoms with Crippen LogP contribution in [0.2, 0.25) is 0 Å². The summed E-state index contributed by atoms with van der Waals surface area (Å²) in [6, 6.07) is 4.88. The lowest BCUT2D eigenvalue weighted by atomic mass is 10.00. The van der Waals surface area contributed by atoms with Crippen molar-refractivity contribution in [1.29, 1.82) is 0 Å². The van der Waals surface area contributed by atoms with E-state index >= 15 is 0 Å². The largest absolute Gasteiger partial charge is 0.409 e. The van der Waals surface area contributed by atoms with Gasteiger partial charge in [-0.3, -0.25) is 0 Å². The average Bonchev–Trinajstić information content (AvgIpc) is 2.40. The van der Waals surface area contributed by atoms with Crippen LogP contribution < -0.4 is 10.5 Å². The highest BCUT2D eigenvalue weighted by Gasteiger charge is 2.33. The fourth-order valence-corrected chi connectivity index (χ4v) is 3.19. The van der Waals surface area contributed by atoms with Crippen molar-refractivity contribution < 1.29 is 13.6 Å². The Morgan fingerprint density at radius 2 is 2.00 bits per heavy atom. The summed E-state index contributed by atoms with van der Waals surface area (Å²) < 4.78 is 27.3. The van der Waals surface area contributed by atoms with Gasteiger partial charge in [-0.05, 0) is 50.5 Å². The number of sulfonamides is 1. The van der Waals surface area contributed by atoms with Gasteiger partial charge in [0, 0.05) is 0 Å². The van der Waals surface area contributed by atoms with Crippen LogP contribution in [0.15, 0.2) is 28.3 Å². The molecule has 112 valence electrons. The van der Waals surface area contributed by atoms with Crippen LogP contribution in [0.4, 0.5) is 0 Å². The molecule has 6 nitrogen and oxygen atoms in total. The molecule has 0 saturated carbocycles. The van der Waals surface area contributed by atoms with Crippen molar-refractivity contribution in [1.82, 2.24) is 4.72 Å². The zero-order valence-corrected chi connectivity index (χ0v) is 13.0. The number of rotatable bonds is 5. The summed E-state index contributed by atoms with van der Waals surface area (Å²) in [6.45, 7) is 7.07. The van der Waals surface area contributed by atoms with Gasteiger partial charge in [-0.2, -0.15) is 4.72 Å². The Hall–Kier alpha value is -1.60. The molecule has 0 bridgehead atoms. The van der Waals surface area contributed by atoms with Crippen LogP contribution in [-0.4, -0.2) is 25.0 Å². The maximum atomic E-state index is 12.4. The second-order valence-electron chi connectivity index (χ2n) is 5.02. The molecule has 0 aliphatic heterocycles. The summed E-state index contributed by atoms with van der Waals surface area (Å²) in [4.78, 5) is 0.158. The number of oxime groups is 1. The van der Waals surface area contributed by atoms with E-state index in [2.05, 4.69) is 9.88 Å². The molecule has 0 spiro atoms. The Labute approximate surface area is 119 Å². The highest BCUT2D eigenvalue weighted by Crippen LogP contribution is 2.19. The zero-order valence-electron chi connectivity index (χ0n) is 12.1. The number of nitrogens with zero attached hydrogens (tertiary/aromatic N) is 1. The number of hydrogen-bond acceptors (Lipinski definition) is 4. The highest BCUT2D eigenvalue weighted by molar-refractivity contribution is 7.89. The van der Waals surface area contributed by atoms with Gasteiger partial charge in [0.05, 0.1) is 10.4 Å². The number of amidine groups is 1. The van der Waals surface area contributed by atoms with Gasteiger partial charge in [-0.1, -0.05) is 18.1 Å². The van der Waals surface area contributed by atoms with Gasteiger partial charge in [0.2, 0.25) is 10.0 Å². The normalized spacial score (nSPS) is 15.9. The van der Waals surface area contributed by atoms with E-state index in [9.17, 15) is 8.42 Å². The lowest BCUT2D eigenvalue weighted by Gasteiger charge is -2.27. The molecule has 0 radical (unpaired) electrons. The van der Waals surface area contributed by atoms with Crippen molar-refractivity contribution in [2.75, 3.05) is 0 Å². The third-order valence-electron chi connectivity index (χ3n) is 3.53. The summed E-state index contributed by atoms with van der Waals surface area (Å²) >= 11 is 0. The van der Waals surface area contributed by atoms with Crippen molar-refractivity contribution in [3.05, 3.63) is 29.3 Å². The van der Waals surface area contributed by atoms with Crippen LogP contribution in [0, 0.1) is 13.8 Å². The molecule has 1 unspecified atom stereocenters. The van der Waals surface area contributed by atoms with E-state index in [0.29, 0.717) is 6.42 Å². The Kier molecular flexibility index (Phi) is 4.77. The summed E-state index contributed by atoms with van der Waals surface area (Å²) in [7, 11) is -3.75. The maximum absolute atomic E-state index is 12.4. The number of hydrogen-bond donors (Lipinski definition) is 3. The van der Waals surface area contributed by atoms with Gasteiger partial charge in [-0.25, -0.2) is 8.42 Å². The van der Waals surface area contributed by atoms with E-state index < -0.39 is 15.6 Å². The Balaban J connectivity index is 3.20. The molecule has 0 fully saturated rings. The van der Waals surface area contributed by atoms with Gasteiger partial charge in [0.25, 0.3) is 0 Å². The first-order chi connectivity index (χ1) is 9.16. The van der Waals surface area contributed by atoms with Crippen LogP contribution in [0.25, 0.3) is 0 Å². The summed E-state index contributed by atoms with van der Waals surface area (Å²) in [6.07, 6.45) is 0.354. The molecule has 1 atom stereocenters. The third-order valence-corrected chi connectivity index (χ3v) is 5.12. The van der Waals surface area contributed by atoms with Crippen molar-refractivity contribution in [3.8, 4) is 0 Å². The minimum absolute atomic E-state index is 0.158. The topological polar surface area (TPSA) is 105 Å². The third kappa shape index (κ3) is 3.29. The molecule has 20 heavy (non-hydrogen) atoms. The van der Waals surface area contributed by atoms with Gasteiger partial charge in [0.1, 0.15) is 0 Å². The summed E-state index contributed by atoms with van der Waals surface area (Å²) in [5.74, 6) is -0.174. The maximum Gasteiger partial charge on any atom is 0.241 e. The second kappa shape index (κ2) is 5.80.